The average Bonchev–Trinajstić information content (AvgIpc) is 3.55. The highest BCUT2D eigenvalue weighted by Gasteiger charge is 2.33. The quantitative estimate of drug-likeness (QED) is 0.317. The van der Waals surface area contributed by atoms with Gasteiger partial charge in [0.05, 0.1) is 12.7 Å². The van der Waals surface area contributed by atoms with E-state index in [2.05, 4.69) is 20.5 Å². The van der Waals surface area contributed by atoms with Crippen LogP contribution in [0.5, 0.6) is 0 Å². The van der Waals surface area contributed by atoms with Crippen LogP contribution in [0.15, 0.2) is 4.99 Å². The standard InChI is InChI=1S/C19H36N4O2/c1-20-19(21-9-3-12-24-15-18-4-2-13-25-18)22-10-11-23(17-7-8-17)14-16-5-6-16/h16-18H,2-15H2,1H3,(H2,20,21,22). The molecule has 2 N–H and O–H groups in total. The zero-order chi connectivity index (χ0) is 17.3. The molecular weight excluding hydrogens is 316 g/mol. The lowest BCUT2D eigenvalue weighted by atomic mass is 10.2. The highest BCUT2D eigenvalue weighted by molar-refractivity contribution is 5.79. The summed E-state index contributed by atoms with van der Waals surface area (Å²) in [6, 6.07) is 0.860. The van der Waals surface area contributed by atoms with Crippen molar-refractivity contribution in [2.75, 3.05) is 53.0 Å². The van der Waals surface area contributed by atoms with E-state index in [1.165, 1.54) is 38.6 Å². The van der Waals surface area contributed by atoms with Crippen LogP contribution in [0.25, 0.3) is 0 Å². The Morgan fingerprint density at radius 2 is 2.00 bits per heavy atom. The number of guanidine groups is 1. The second kappa shape index (κ2) is 10.3. The fourth-order valence-electron chi connectivity index (χ4n) is 3.40. The van der Waals surface area contributed by atoms with Gasteiger partial charge < -0.3 is 20.1 Å². The van der Waals surface area contributed by atoms with E-state index in [1.807, 2.05) is 7.05 Å². The van der Waals surface area contributed by atoms with E-state index in [9.17, 15) is 0 Å². The first kappa shape index (κ1) is 18.9. The molecule has 6 heteroatoms. The Morgan fingerprint density at radius 1 is 1.16 bits per heavy atom. The highest BCUT2D eigenvalue weighted by Crippen LogP contribution is 2.34. The van der Waals surface area contributed by atoms with Gasteiger partial charge in [0.15, 0.2) is 5.96 Å². The van der Waals surface area contributed by atoms with Gasteiger partial charge in [0.2, 0.25) is 0 Å². The topological polar surface area (TPSA) is 58.1 Å². The van der Waals surface area contributed by atoms with Crippen LogP contribution in [0.4, 0.5) is 0 Å². The van der Waals surface area contributed by atoms with Crippen LogP contribution in [-0.2, 0) is 9.47 Å². The Labute approximate surface area is 152 Å². The molecule has 0 aromatic carbocycles. The van der Waals surface area contributed by atoms with Crippen molar-refractivity contribution in [2.45, 2.75) is 57.1 Å². The van der Waals surface area contributed by atoms with Gasteiger partial charge in [0, 0.05) is 52.5 Å². The monoisotopic (exact) mass is 352 g/mol. The number of nitrogens with zero attached hydrogens (tertiary/aromatic N) is 2. The van der Waals surface area contributed by atoms with Crippen LogP contribution in [0.2, 0.25) is 0 Å². The van der Waals surface area contributed by atoms with Crippen molar-refractivity contribution < 1.29 is 9.47 Å². The SMILES string of the molecule is CN=C(NCCCOCC1CCCO1)NCCN(CC1CC1)C1CC1. The van der Waals surface area contributed by atoms with E-state index < -0.39 is 0 Å². The van der Waals surface area contributed by atoms with Gasteiger partial charge in [0.1, 0.15) is 0 Å². The average molecular weight is 353 g/mol. The molecule has 3 rings (SSSR count). The van der Waals surface area contributed by atoms with E-state index >= 15 is 0 Å². The first-order valence-corrected chi connectivity index (χ1v) is 10.2. The summed E-state index contributed by atoms with van der Waals surface area (Å²) in [7, 11) is 1.84. The van der Waals surface area contributed by atoms with Crippen LogP contribution in [-0.4, -0.2) is 76.1 Å². The van der Waals surface area contributed by atoms with Crippen molar-refractivity contribution in [3.63, 3.8) is 0 Å². The second-order valence-corrected chi connectivity index (χ2v) is 7.66. The molecule has 1 saturated heterocycles. The molecule has 25 heavy (non-hydrogen) atoms. The summed E-state index contributed by atoms with van der Waals surface area (Å²) < 4.78 is 11.2. The molecule has 0 aromatic rings. The van der Waals surface area contributed by atoms with Gasteiger partial charge in [-0.05, 0) is 50.9 Å². The predicted octanol–water partition coefficient (Wildman–Crippen LogP) is 1.61. The van der Waals surface area contributed by atoms with Crippen LogP contribution in [0, 0.1) is 5.92 Å². The zero-order valence-electron chi connectivity index (χ0n) is 15.8. The van der Waals surface area contributed by atoms with E-state index in [0.717, 1.165) is 70.2 Å². The van der Waals surface area contributed by atoms with E-state index in [1.54, 1.807) is 0 Å². The van der Waals surface area contributed by atoms with Gasteiger partial charge in [-0.1, -0.05) is 0 Å². The van der Waals surface area contributed by atoms with Crippen molar-refractivity contribution >= 4 is 5.96 Å². The van der Waals surface area contributed by atoms with Crippen LogP contribution in [0.3, 0.4) is 0 Å². The molecular formula is C19H36N4O2. The van der Waals surface area contributed by atoms with Gasteiger partial charge >= 0.3 is 0 Å². The van der Waals surface area contributed by atoms with Crippen molar-refractivity contribution in [1.29, 1.82) is 0 Å². The number of ether oxygens (including phenoxy) is 2. The Hall–Kier alpha value is -0.850. The van der Waals surface area contributed by atoms with Crippen LogP contribution < -0.4 is 10.6 Å². The number of rotatable bonds is 12. The third-order valence-electron chi connectivity index (χ3n) is 5.25. The summed E-state index contributed by atoms with van der Waals surface area (Å²) >= 11 is 0. The minimum Gasteiger partial charge on any atom is -0.379 e. The lowest BCUT2D eigenvalue weighted by Gasteiger charge is -2.22. The van der Waals surface area contributed by atoms with E-state index in [4.69, 9.17) is 9.47 Å². The predicted molar refractivity (Wildman–Crippen MR) is 101 cm³/mol. The molecule has 0 amide bonds. The van der Waals surface area contributed by atoms with Crippen molar-refractivity contribution in [2.24, 2.45) is 10.9 Å². The molecule has 0 spiro atoms. The molecule has 2 aliphatic carbocycles. The maximum atomic E-state index is 5.69. The first-order valence-electron chi connectivity index (χ1n) is 10.2. The summed E-state index contributed by atoms with van der Waals surface area (Å²) in [5, 5.41) is 6.83. The Morgan fingerprint density at radius 3 is 2.68 bits per heavy atom. The number of hydrogen-bond donors (Lipinski definition) is 2. The molecule has 2 saturated carbocycles. The second-order valence-electron chi connectivity index (χ2n) is 7.66. The fourth-order valence-corrected chi connectivity index (χ4v) is 3.40. The molecule has 1 aliphatic heterocycles. The molecule has 1 atom stereocenters. The van der Waals surface area contributed by atoms with E-state index in [0.29, 0.717) is 6.10 Å². The normalized spacial score (nSPS) is 24.1. The van der Waals surface area contributed by atoms with Crippen molar-refractivity contribution in [1.82, 2.24) is 15.5 Å². The molecule has 0 bridgehead atoms. The Kier molecular flexibility index (Phi) is 7.82. The third kappa shape index (κ3) is 7.50. The van der Waals surface area contributed by atoms with Crippen molar-refractivity contribution in [3.05, 3.63) is 0 Å². The lowest BCUT2D eigenvalue weighted by molar-refractivity contribution is 0.0168. The Balaban J connectivity index is 1.19. The van der Waals surface area contributed by atoms with E-state index in [-0.39, 0.29) is 0 Å². The largest absolute Gasteiger partial charge is 0.379 e. The summed E-state index contributed by atoms with van der Waals surface area (Å²) in [5.74, 6) is 1.88. The molecule has 3 aliphatic rings. The van der Waals surface area contributed by atoms with Gasteiger partial charge in [0.25, 0.3) is 0 Å². The fraction of sp³-hybridized carbons (Fsp3) is 0.947. The number of hydrogen-bond acceptors (Lipinski definition) is 4. The van der Waals surface area contributed by atoms with Crippen molar-refractivity contribution in [3.8, 4) is 0 Å². The zero-order valence-corrected chi connectivity index (χ0v) is 15.8. The summed E-state index contributed by atoms with van der Waals surface area (Å²) in [6.07, 6.45) is 9.31. The molecule has 1 unspecified atom stereocenters. The maximum Gasteiger partial charge on any atom is 0.191 e. The summed E-state index contributed by atoms with van der Waals surface area (Å²) in [6.45, 7) is 6.72. The highest BCUT2D eigenvalue weighted by atomic mass is 16.5. The van der Waals surface area contributed by atoms with Gasteiger partial charge in [-0.25, -0.2) is 0 Å². The molecule has 6 nitrogen and oxygen atoms in total. The van der Waals surface area contributed by atoms with Gasteiger partial charge in [-0.15, -0.1) is 0 Å². The maximum absolute atomic E-state index is 5.69. The van der Waals surface area contributed by atoms with Gasteiger partial charge in [-0.3, -0.25) is 9.89 Å². The lowest BCUT2D eigenvalue weighted by Crippen LogP contribution is -2.43. The molecule has 3 fully saturated rings. The molecule has 144 valence electrons. The number of aliphatic imine (C=N–C) groups is 1. The van der Waals surface area contributed by atoms with Gasteiger partial charge in [-0.2, -0.15) is 0 Å². The van der Waals surface area contributed by atoms with Crippen LogP contribution >= 0.6 is 0 Å². The summed E-state index contributed by atoms with van der Waals surface area (Å²) in [4.78, 5) is 6.99. The summed E-state index contributed by atoms with van der Waals surface area (Å²) in [5.41, 5.74) is 0. The minimum absolute atomic E-state index is 0.326. The molecule has 0 aromatic heterocycles. The third-order valence-corrected chi connectivity index (χ3v) is 5.25. The Bertz CT molecular complexity index is 404. The number of nitrogens with one attached hydrogen (secondary N) is 2. The molecule has 0 radical (unpaired) electrons. The first-order chi connectivity index (χ1) is 12.3. The van der Waals surface area contributed by atoms with Crippen LogP contribution in [0.1, 0.15) is 44.9 Å². The smallest absolute Gasteiger partial charge is 0.191 e. The minimum atomic E-state index is 0.326. The molecule has 1 heterocycles.